The number of hydrogen-bond acceptors (Lipinski definition) is 3. The van der Waals surface area contributed by atoms with Crippen molar-refractivity contribution in [2.75, 3.05) is 5.73 Å². The molecule has 0 fully saturated rings. The molecule has 3 rings (SSSR count). The maximum absolute atomic E-state index is 12.2. The van der Waals surface area contributed by atoms with Crippen molar-refractivity contribution < 1.29 is 9.59 Å². The summed E-state index contributed by atoms with van der Waals surface area (Å²) < 4.78 is 0. The summed E-state index contributed by atoms with van der Waals surface area (Å²) in [6, 6.07) is 4.82. The van der Waals surface area contributed by atoms with Gasteiger partial charge in [-0.05, 0) is 37.1 Å². The number of benzene rings is 1. The van der Waals surface area contributed by atoms with Crippen LogP contribution < -0.4 is 5.73 Å². The topological polar surface area (TPSA) is 63.4 Å². The third-order valence-electron chi connectivity index (χ3n) is 3.19. The minimum atomic E-state index is -0.274. The molecule has 18 heavy (non-hydrogen) atoms. The molecule has 1 aromatic rings. The average Bonchev–Trinajstić information content (AvgIpc) is 2.63. The first-order valence-electron chi connectivity index (χ1n) is 5.82. The van der Waals surface area contributed by atoms with Crippen molar-refractivity contribution in [2.45, 2.75) is 12.8 Å². The molecule has 0 atom stereocenters. The van der Waals surface area contributed by atoms with Crippen molar-refractivity contribution in [3.8, 4) is 0 Å². The summed E-state index contributed by atoms with van der Waals surface area (Å²) in [5, 5.41) is 0. The molecule has 90 valence electrons. The van der Waals surface area contributed by atoms with E-state index in [9.17, 15) is 9.59 Å². The Morgan fingerprint density at radius 3 is 2.61 bits per heavy atom. The highest BCUT2D eigenvalue weighted by Gasteiger charge is 2.37. The maximum Gasteiger partial charge on any atom is 0.265 e. The standard InChI is InChI=1S/C14H12N2O2/c15-9-6-7-11-12(8-9)14(18)16(13(11)17)10-4-2-1-3-5-10/h1-2,4,6-8H,3,5,15H2. The monoisotopic (exact) mass is 240 g/mol. The van der Waals surface area contributed by atoms with Gasteiger partial charge < -0.3 is 5.73 Å². The van der Waals surface area contributed by atoms with Gasteiger partial charge in [-0.2, -0.15) is 0 Å². The first kappa shape index (κ1) is 10.8. The Hall–Kier alpha value is -2.36. The quantitative estimate of drug-likeness (QED) is 0.604. The van der Waals surface area contributed by atoms with Gasteiger partial charge in [0.05, 0.1) is 11.1 Å². The number of allylic oxidation sites excluding steroid dienone is 4. The van der Waals surface area contributed by atoms with Gasteiger partial charge >= 0.3 is 0 Å². The summed E-state index contributed by atoms with van der Waals surface area (Å²) >= 11 is 0. The number of nitrogen functional groups attached to an aromatic ring is 1. The predicted octanol–water partition coefficient (Wildman–Crippen LogP) is 2.10. The molecule has 0 aromatic heterocycles. The molecule has 0 saturated heterocycles. The van der Waals surface area contributed by atoms with Crippen LogP contribution in [0.15, 0.2) is 42.1 Å². The van der Waals surface area contributed by atoms with Crippen LogP contribution in [0.5, 0.6) is 0 Å². The fraction of sp³-hybridized carbons (Fsp3) is 0.143. The Balaban J connectivity index is 2.07. The second-order valence-corrected chi connectivity index (χ2v) is 4.38. The van der Waals surface area contributed by atoms with Crippen LogP contribution in [0, 0.1) is 0 Å². The smallest absolute Gasteiger partial charge is 0.265 e. The van der Waals surface area contributed by atoms with Crippen molar-refractivity contribution in [3.05, 3.63) is 53.3 Å². The molecule has 0 bridgehead atoms. The van der Waals surface area contributed by atoms with Crippen LogP contribution >= 0.6 is 0 Å². The van der Waals surface area contributed by atoms with Crippen LogP contribution in [0.4, 0.5) is 5.69 Å². The molecule has 2 aliphatic rings. The number of carbonyl (C=O) groups excluding carboxylic acids is 2. The maximum atomic E-state index is 12.2. The summed E-state index contributed by atoms with van der Waals surface area (Å²) in [5.74, 6) is -0.527. The lowest BCUT2D eigenvalue weighted by atomic mass is 10.1. The average molecular weight is 240 g/mol. The molecule has 4 heteroatoms. The predicted molar refractivity (Wildman–Crippen MR) is 67.8 cm³/mol. The minimum Gasteiger partial charge on any atom is -0.399 e. The van der Waals surface area contributed by atoms with Gasteiger partial charge in [0.25, 0.3) is 11.8 Å². The molecular formula is C14H12N2O2. The van der Waals surface area contributed by atoms with Crippen molar-refractivity contribution in [2.24, 2.45) is 0 Å². The molecule has 0 spiro atoms. The Kier molecular flexibility index (Phi) is 2.30. The molecule has 1 aliphatic carbocycles. The summed E-state index contributed by atoms with van der Waals surface area (Å²) in [5.41, 5.74) is 7.73. The van der Waals surface area contributed by atoms with E-state index < -0.39 is 0 Å². The largest absolute Gasteiger partial charge is 0.399 e. The van der Waals surface area contributed by atoms with E-state index in [1.54, 1.807) is 18.2 Å². The number of amides is 2. The number of fused-ring (bicyclic) bond motifs is 1. The van der Waals surface area contributed by atoms with Crippen molar-refractivity contribution in [1.82, 2.24) is 4.90 Å². The summed E-state index contributed by atoms with van der Waals surface area (Å²) in [6.07, 6.45) is 7.25. The number of carbonyl (C=O) groups is 2. The zero-order valence-corrected chi connectivity index (χ0v) is 9.72. The highest BCUT2D eigenvalue weighted by molar-refractivity contribution is 6.22. The Morgan fingerprint density at radius 1 is 1.11 bits per heavy atom. The summed E-state index contributed by atoms with van der Waals surface area (Å²) in [7, 11) is 0. The van der Waals surface area contributed by atoms with E-state index >= 15 is 0 Å². The lowest BCUT2D eigenvalue weighted by Crippen LogP contribution is -2.29. The molecule has 1 aromatic carbocycles. The second kappa shape index (κ2) is 3.84. The van der Waals surface area contributed by atoms with Crippen LogP contribution in [-0.4, -0.2) is 16.7 Å². The van der Waals surface area contributed by atoms with Gasteiger partial charge in [-0.15, -0.1) is 0 Å². The van der Waals surface area contributed by atoms with Crippen LogP contribution in [0.25, 0.3) is 0 Å². The first-order chi connectivity index (χ1) is 8.68. The highest BCUT2D eigenvalue weighted by Crippen LogP contribution is 2.30. The number of rotatable bonds is 1. The number of imide groups is 1. The molecule has 0 radical (unpaired) electrons. The lowest BCUT2D eigenvalue weighted by molar-refractivity contribution is 0.0699. The molecule has 4 nitrogen and oxygen atoms in total. The normalized spacial score (nSPS) is 18.0. The highest BCUT2D eigenvalue weighted by atomic mass is 16.2. The van der Waals surface area contributed by atoms with Gasteiger partial charge in [0, 0.05) is 11.4 Å². The Labute approximate surface area is 104 Å². The molecule has 0 saturated carbocycles. The fourth-order valence-electron chi connectivity index (χ4n) is 2.30. The summed E-state index contributed by atoms with van der Waals surface area (Å²) in [6.45, 7) is 0. The zero-order chi connectivity index (χ0) is 12.7. The van der Waals surface area contributed by atoms with E-state index in [4.69, 9.17) is 5.73 Å². The molecule has 1 heterocycles. The Bertz CT molecular complexity index is 614. The van der Waals surface area contributed by atoms with Crippen molar-refractivity contribution in [1.29, 1.82) is 0 Å². The number of anilines is 1. The fourth-order valence-corrected chi connectivity index (χ4v) is 2.30. The van der Waals surface area contributed by atoms with E-state index in [0.29, 0.717) is 23.2 Å². The number of hydrogen-bond donors (Lipinski definition) is 1. The zero-order valence-electron chi connectivity index (χ0n) is 9.72. The molecule has 2 amide bonds. The van der Waals surface area contributed by atoms with Crippen LogP contribution in [0.3, 0.4) is 0 Å². The molecule has 2 N–H and O–H groups in total. The van der Waals surface area contributed by atoms with Gasteiger partial charge in [0.2, 0.25) is 0 Å². The summed E-state index contributed by atoms with van der Waals surface area (Å²) in [4.78, 5) is 25.7. The van der Waals surface area contributed by atoms with Gasteiger partial charge in [0.15, 0.2) is 0 Å². The second-order valence-electron chi connectivity index (χ2n) is 4.38. The van der Waals surface area contributed by atoms with Gasteiger partial charge in [0.1, 0.15) is 0 Å². The van der Waals surface area contributed by atoms with Gasteiger partial charge in [-0.1, -0.05) is 12.2 Å². The number of nitrogens with zero attached hydrogens (tertiary/aromatic N) is 1. The van der Waals surface area contributed by atoms with E-state index in [2.05, 4.69) is 0 Å². The SMILES string of the molecule is Nc1ccc2c(c1)C(=O)N(C1=CC=CCC1)C2=O. The van der Waals surface area contributed by atoms with E-state index in [1.807, 2.05) is 18.2 Å². The van der Waals surface area contributed by atoms with Crippen molar-refractivity contribution in [3.63, 3.8) is 0 Å². The third kappa shape index (κ3) is 1.46. The van der Waals surface area contributed by atoms with Crippen LogP contribution in [0.1, 0.15) is 33.6 Å². The van der Waals surface area contributed by atoms with Crippen LogP contribution in [-0.2, 0) is 0 Å². The van der Waals surface area contributed by atoms with E-state index in [0.717, 1.165) is 12.1 Å². The first-order valence-corrected chi connectivity index (χ1v) is 5.82. The van der Waals surface area contributed by atoms with Gasteiger partial charge in [-0.3, -0.25) is 9.59 Å². The van der Waals surface area contributed by atoms with E-state index in [1.165, 1.54) is 4.90 Å². The lowest BCUT2D eigenvalue weighted by Gasteiger charge is -2.18. The van der Waals surface area contributed by atoms with Crippen molar-refractivity contribution >= 4 is 17.5 Å². The van der Waals surface area contributed by atoms with Gasteiger partial charge in [-0.25, -0.2) is 4.90 Å². The minimum absolute atomic E-state index is 0.253. The molecule has 0 unspecified atom stereocenters. The number of nitrogens with two attached hydrogens (primary N) is 1. The third-order valence-corrected chi connectivity index (χ3v) is 3.19. The molecular weight excluding hydrogens is 228 g/mol. The van der Waals surface area contributed by atoms with E-state index in [-0.39, 0.29) is 11.8 Å². The van der Waals surface area contributed by atoms with Crippen LogP contribution in [0.2, 0.25) is 0 Å². The Morgan fingerprint density at radius 2 is 1.89 bits per heavy atom. The molecule has 1 aliphatic heterocycles.